The summed E-state index contributed by atoms with van der Waals surface area (Å²) in [6.45, 7) is 3.56. The van der Waals surface area contributed by atoms with E-state index in [-0.39, 0.29) is 31.8 Å². The predicted octanol–water partition coefficient (Wildman–Crippen LogP) is 2.33. The molecular formula is C15H24F2N2O. The van der Waals surface area contributed by atoms with Gasteiger partial charge in [0.2, 0.25) is 0 Å². The van der Waals surface area contributed by atoms with Gasteiger partial charge in [0.15, 0.2) is 0 Å². The molecule has 0 fully saturated rings. The zero-order chi connectivity index (χ0) is 15.1. The van der Waals surface area contributed by atoms with Gasteiger partial charge in [0.1, 0.15) is 0 Å². The van der Waals surface area contributed by atoms with Crippen molar-refractivity contribution in [2.24, 2.45) is 5.73 Å². The maximum atomic E-state index is 12.8. The lowest BCUT2D eigenvalue weighted by Gasteiger charge is -2.35. The highest BCUT2D eigenvalue weighted by Gasteiger charge is 2.27. The summed E-state index contributed by atoms with van der Waals surface area (Å²) < 4.78 is 25.5. The molecule has 3 N–H and O–H groups in total. The van der Waals surface area contributed by atoms with Gasteiger partial charge in [-0.1, -0.05) is 36.8 Å². The smallest absolute Gasteiger partial charge is 0.251 e. The minimum Gasteiger partial charge on any atom is -0.395 e. The molecule has 0 aliphatic rings. The number of aryl methyl sites for hydroxylation is 1. The Kier molecular flexibility index (Phi) is 7.05. The number of nitrogens with two attached hydrogens (primary N) is 1. The standard InChI is InChI=1S/C15H24F2N2O/c1-3-13(18)15(12-6-4-11(2)5-7-12)19(8-9-20)10-14(16)17/h4-7,13-15,20H,3,8-10,18H2,1-2H3. The van der Waals surface area contributed by atoms with Crippen LogP contribution in [0.25, 0.3) is 0 Å². The Morgan fingerprint density at radius 2 is 1.85 bits per heavy atom. The van der Waals surface area contributed by atoms with Gasteiger partial charge in [-0.2, -0.15) is 0 Å². The Hall–Kier alpha value is -1.04. The van der Waals surface area contributed by atoms with Gasteiger partial charge >= 0.3 is 0 Å². The van der Waals surface area contributed by atoms with Gasteiger partial charge in [-0.25, -0.2) is 8.78 Å². The van der Waals surface area contributed by atoms with Gasteiger partial charge in [-0.3, -0.25) is 4.90 Å². The number of benzene rings is 1. The van der Waals surface area contributed by atoms with Crippen LogP contribution >= 0.6 is 0 Å². The van der Waals surface area contributed by atoms with Crippen molar-refractivity contribution in [1.29, 1.82) is 0 Å². The topological polar surface area (TPSA) is 49.5 Å². The van der Waals surface area contributed by atoms with Crippen LogP contribution in [0.3, 0.4) is 0 Å². The van der Waals surface area contributed by atoms with Gasteiger partial charge in [0.05, 0.1) is 19.2 Å². The van der Waals surface area contributed by atoms with Crippen molar-refractivity contribution in [2.45, 2.75) is 38.8 Å². The molecule has 0 spiro atoms. The molecule has 0 saturated heterocycles. The summed E-state index contributed by atoms with van der Waals surface area (Å²) >= 11 is 0. The van der Waals surface area contributed by atoms with Gasteiger partial charge in [0, 0.05) is 12.6 Å². The third-order valence-electron chi connectivity index (χ3n) is 3.45. The van der Waals surface area contributed by atoms with Crippen LogP contribution in [0.15, 0.2) is 24.3 Å². The number of aliphatic hydroxyl groups excluding tert-OH is 1. The molecule has 0 amide bonds. The highest BCUT2D eigenvalue weighted by molar-refractivity contribution is 5.25. The fourth-order valence-corrected chi connectivity index (χ4v) is 2.37. The Morgan fingerprint density at radius 3 is 2.30 bits per heavy atom. The molecule has 2 unspecified atom stereocenters. The van der Waals surface area contributed by atoms with E-state index in [1.54, 1.807) is 4.90 Å². The summed E-state index contributed by atoms with van der Waals surface area (Å²) in [6, 6.07) is 7.19. The van der Waals surface area contributed by atoms with Crippen molar-refractivity contribution in [3.63, 3.8) is 0 Å². The van der Waals surface area contributed by atoms with Crippen LogP contribution in [0.1, 0.15) is 30.5 Å². The average Bonchev–Trinajstić information content (AvgIpc) is 2.40. The fraction of sp³-hybridized carbons (Fsp3) is 0.600. The average molecular weight is 286 g/mol. The molecule has 2 atom stereocenters. The fourth-order valence-electron chi connectivity index (χ4n) is 2.37. The zero-order valence-electron chi connectivity index (χ0n) is 12.1. The molecule has 5 heteroatoms. The largest absolute Gasteiger partial charge is 0.395 e. The second kappa shape index (κ2) is 8.29. The molecule has 1 rings (SSSR count). The van der Waals surface area contributed by atoms with Gasteiger partial charge in [0.25, 0.3) is 6.43 Å². The van der Waals surface area contributed by atoms with E-state index >= 15 is 0 Å². The van der Waals surface area contributed by atoms with Crippen molar-refractivity contribution in [3.8, 4) is 0 Å². The minimum atomic E-state index is -2.45. The third kappa shape index (κ3) is 4.81. The van der Waals surface area contributed by atoms with E-state index in [4.69, 9.17) is 10.8 Å². The number of hydrogen-bond donors (Lipinski definition) is 2. The normalized spacial score (nSPS) is 14.8. The van der Waals surface area contributed by atoms with Crippen LogP contribution in [-0.4, -0.2) is 42.2 Å². The molecular weight excluding hydrogens is 262 g/mol. The number of halogens is 2. The van der Waals surface area contributed by atoms with Crippen molar-refractivity contribution >= 4 is 0 Å². The summed E-state index contributed by atoms with van der Waals surface area (Å²) in [7, 11) is 0. The third-order valence-corrected chi connectivity index (χ3v) is 3.45. The van der Waals surface area contributed by atoms with Gasteiger partial charge in [-0.15, -0.1) is 0 Å². The molecule has 1 aromatic carbocycles. The van der Waals surface area contributed by atoms with E-state index in [0.717, 1.165) is 11.1 Å². The highest BCUT2D eigenvalue weighted by Crippen LogP contribution is 2.26. The molecule has 1 aromatic rings. The van der Waals surface area contributed by atoms with Gasteiger partial charge < -0.3 is 10.8 Å². The van der Waals surface area contributed by atoms with E-state index < -0.39 is 6.43 Å². The van der Waals surface area contributed by atoms with Crippen molar-refractivity contribution in [2.75, 3.05) is 19.7 Å². The number of alkyl halides is 2. The molecule has 0 bridgehead atoms. The lowest BCUT2D eigenvalue weighted by atomic mass is 9.95. The first-order valence-electron chi connectivity index (χ1n) is 6.94. The maximum absolute atomic E-state index is 12.8. The highest BCUT2D eigenvalue weighted by atomic mass is 19.3. The lowest BCUT2D eigenvalue weighted by molar-refractivity contribution is 0.0466. The first-order chi connectivity index (χ1) is 9.49. The summed E-state index contributed by atoms with van der Waals surface area (Å²) in [6.07, 6.45) is -1.76. The molecule has 0 aromatic heterocycles. The van der Waals surface area contributed by atoms with Crippen molar-refractivity contribution in [1.82, 2.24) is 4.90 Å². The summed E-state index contributed by atoms with van der Waals surface area (Å²) in [5.74, 6) is 0. The molecule has 0 aliphatic carbocycles. The van der Waals surface area contributed by atoms with E-state index in [1.807, 2.05) is 38.1 Å². The van der Waals surface area contributed by atoms with E-state index in [2.05, 4.69) is 0 Å². The molecule has 0 saturated carbocycles. The maximum Gasteiger partial charge on any atom is 0.251 e. The molecule has 114 valence electrons. The number of hydrogen-bond acceptors (Lipinski definition) is 3. The Morgan fingerprint density at radius 1 is 1.25 bits per heavy atom. The van der Waals surface area contributed by atoms with Crippen LogP contribution in [-0.2, 0) is 0 Å². The van der Waals surface area contributed by atoms with E-state index in [1.165, 1.54) is 0 Å². The molecule has 0 aliphatic heterocycles. The summed E-state index contributed by atoms with van der Waals surface area (Å²) in [5.41, 5.74) is 8.15. The van der Waals surface area contributed by atoms with Crippen LogP contribution in [0, 0.1) is 6.92 Å². The molecule has 0 radical (unpaired) electrons. The molecule has 0 heterocycles. The minimum absolute atomic E-state index is 0.161. The van der Waals surface area contributed by atoms with Crippen LogP contribution in [0.2, 0.25) is 0 Å². The van der Waals surface area contributed by atoms with E-state index in [0.29, 0.717) is 6.42 Å². The first kappa shape index (κ1) is 17.0. The lowest BCUT2D eigenvalue weighted by Crippen LogP contribution is -2.44. The monoisotopic (exact) mass is 286 g/mol. The molecule has 20 heavy (non-hydrogen) atoms. The van der Waals surface area contributed by atoms with Crippen molar-refractivity contribution < 1.29 is 13.9 Å². The quantitative estimate of drug-likeness (QED) is 0.771. The predicted molar refractivity (Wildman–Crippen MR) is 76.8 cm³/mol. The first-order valence-corrected chi connectivity index (χ1v) is 6.94. The SMILES string of the molecule is CCC(N)C(c1ccc(C)cc1)N(CCO)CC(F)F. The van der Waals surface area contributed by atoms with Crippen LogP contribution in [0.4, 0.5) is 8.78 Å². The van der Waals surface area contributed by atoms with Crippen LogP contribution in [0.5, 0.6) is 0 Å². The number of nitrogens with zero attached hydrogens (tertiary/aromatic N) is 1. The Bertz CT molecular complexity index is 384. The zero-order valence-corrected chi connectivity index (χ0v) is 12.1. The van der Waals surface area contributed by atoms with Crippen molar-refractivity contribution in [3.05, 3.63) is 35.4 Å². The Labute approximate surface area is 119 Å². The van der Waals surface area contributed by atoms with E-state index in [9.17, 15) is 8.78 Å². The number of rotatable bonds is 8. The second-order valence-electron chi connectivity index (χ2n) is 5.04. The number of aliphatic hydroxyl groups is 1. The van der Waals surface area contributed by atoms with Gasteiger partial charge in [-0.05, 0) is 18.9 Å². The Balaban J connectivity index is 3.04. The second-order valence-corrected chi connectivity index (χ2v) is 5.04. The van der Waals surface area contributed by atoms with Crippen LogP contribution < -0.4 is 5.73 Å². The molecule has 3 nitrogen and oxygen atoms in total. The summed E-state index contributed by atoms with van der Waals surface area (Å²) in [5, 5.41) is 9.12. The summed E-state index contributed by atoms with van der Waals surface area (Å²) in [4.78, 5) is 1.57.